The Labute approximate surface area is 190 Å². The number of benzene rings is 1. The summed E-state index contributed by atoms with van der Waals surface area (Å²) >= 11 is 0. The summed E-state index contributed by atoms with van der Waals surface area (Å²) in [4.78, 5) is 22.2. The van der Waals surface area contributed by atoms with Crippen molar-refractivity contribution in [2.45, 2.75) is 51.2 Å². The molecular weight excluding hydrogens is 432 g/mol. The number of hydrogen-bond acceptors (Lipinski definition) is 7. The van der Waals surface area contributed by atoms with Gasteiger partial charge >= 0.3 is 6.09 Å². The number of carboxylic acid groups (broad SMARTS) is 1. The largest absolute Gasteiger partial charge is 0.463 e. The van der Waals surface area contributed by atoms with E-state index >= 15 is 0 Å². The first-order chi connectivity index (χ1) is 15.2. The van der Waals surface area contributed by atoms with E-state index in [-0.39, 0.29) is 17.5 Å². The molecule has 0 aliphatic carbocycles. The molecule has 0 radical (unpaired) electrons. The minimum Gasteiger partial charge on any atom is -0.463 e. The van der Waals surface area contributed by atoms with Crippen LogP contribution in [0.4, 0.5) is 4.79 Å². The number of hydroxylamine groups is 2. The van der Waals surface area contributed by atoms with E-state index in [2.05, 4.69) is 9.80 Å². The van der Waals surface area contributed by atoms with Gasteiger partial charge in [0.25, 0.3) is 0 Å². The Kier molecular flexibility index (Phi) is 7.98. The van der Waals surface area contributed by atoms with Gasteiger partial charge < -0.3 is 14.8 Å². The summed E-state index contributed by atoms with van der Waals surface area (Å²) in [5.41, 5.74) is 0.481. The second-order valence-corrected chi connectivity index (χ2v) is 11.1. The standard InChI is InChI=1S/C22H32N4O5S/c1-3-32(29,30)12-4-11-24-15-19-7-8-20(16-24)25(19)14-17(2)26(22(27)28)31-21-9-5-18(13-23)6-10-21/h5-6,9-10,17,19-20H,3-4,7-8,11-12,14-16H2,1-2H3,(H,27,28). The van der Waals surface area contributed by atoms with Crippen molar-refractivity contribution in [1.82, 2.24) is 14.9 Å². The Bertz CT molecular complexity index is 917. The third-order valence-corrected chi connectivity index (χ3v) is 8.12. The number of rotatable bonds is 10. The van der Waals surface area contributed by atoms with Crippen LogP contribution in [0, 0.1) is 11.3 Å². The fourth-order valence-corrected chi connectivity index (χ4v) is 5.47. The Hall–Kier alpha value is -2.35. The Balaban J connectivity index is 1.55. The molecule has 3 unspecified atom stereocenters. The van der Waals surface area contributed by atoms with E-state index < -0.39 is 15.9 Å². The van der Waals surface area contributed by atoms with E-state index in [0.717, 1.165) is 37.5 Å². The average molecular weight is 465 g/mol. The molecule has 1 aromatic carbocycles. The fraction of sp³-hybridized carbons (Fsp3) is 0.636. The highest BCUT2D eigenvalue weighted by atomic mass is 32.2. The highest BCUT2D eigenvalue weighted by Gasteiger charge is 2.41. The minimum absolute atomic E-state index is 0.189. The molecule has 2 aliphatic heterocycles. The molecule has 2 saturated heterocycles. The van der Waals surface area contributed by atoms with E-state index in [4.69, 9.17) is 10.1 Å². The number of hydrogen-bond donors (Lipinski definition) is 1. The van der Waals surface area contributed by atoms with Gasteiger partial charge in [-0.15, -0.1) is 5.06 Å². The van der Waals surface area contributed by atoms with Crippen LogP contribution in [0.3, 0.4) is 0 Å². The van der Waals surface area contributed by atoms with Crippen LogP contribution >= 0.6 is 0 Å². The lowest BCUT2D eigenvalue weighted by molar-refractivity contribution is -0.0781. The van der Waals surface area contributed by atoms with Crippen molar-refractivity contribution in [1.29, 1.82) is 5.26 Å². The maximum Gasteiger partial charge on any atom is 0.441 e. The molecule has 1 aromatic rings. The average Bonchev–Trinajstić information content (AvgIpc) is 2.99. The van der Waals surface area contributed by atoms with Crippen LogP contribution in [0.25, 0.3) is 0 Å². The van der Waals surface area contributed by atoms with Gasteiger partial charge in [0.1, 0.15) is 9.84 Å². The van der Waals surface area contributed by atoms with Gasteiger partial charge in [0, 0.05) is 37.5 Å². The SMILES string of the molecule is CCS(=O)(=O)CCCN1CC2CCC(C1)N2CC(C)N(Oc1ccc(C#N)cc1)C(=O)O. The lowest BCUT2D eigenvalue weighted by Gasteiger charge is -2.43. The molecule has 0 saturated carbocycles. The molecule has 2 heterocycles. The van der Waals surface area contributed by atoms with Crippen molar-refractivity contribution < 1.29 is 23.2 Å². The van der Waals surface area contributed by atoms with Crippen LogP contribution in [0.1, 0.15) is 38.7 Å². The number of sulfone groups is 1. The highest BCUT2D eigenvalue weighted by molar-refractivity contribution is 7.91. The van der Waals surface area contributed by atoms with Crippen molar-refractivity contribution >= 4 is 15.9 Å². The van der Waals surface area contributed by atoms with Crippen LogP contribution in [-0.4, -0.2) is 90.3 Å². The van der Waals surface area contributed by atoms with Crippen LogP contribution < -0.4 is 4.84 Å². The monoisotopic (exact) mass is 464 g/mol. The summed E-state index contributed by atoms with van der Waals surface area (Å²) in [6.45, 7) is 6.60. The molecule has 9 nitrogen and oxygen atoms in total. The van der Waals surface area contributed by atoms with Gasteiger partial charge in [-0.05, 0) is 57.0 Å². The number of carbonyl (C=O) groups is 1. The second-order valence-electron chi connectivity index (χ2n) is 8.62. The van der Waals surface area contributed by atoms with E-state index in [1.54, 1.807) is 31.2 Å². The summed E-state index contributed by atoms with van der Waals surface area (Å²) in [5.74, 6) is 0.790. The molecule has 1 N–H and O–H groups in total. The van der Waals surface area contributed by atoms with Gasteiger partial charge in [0.2, 0.25) is 0 Å². The highest BCUT2D eigenvalue weighted by Crippen LogP contribution is 2.31. The third-order valence-electron chi connectivity index (χ3n) is 6.33. The quantitative estimate of drug-likeness (QED) is 0.524. The van der Waals surface area contributed by atoms with Gasteiger partial charge in [-0.25, -0.2) is 13.2 Å². The fourth-order valence-electron chi connectivity index (χ4n) is 4.61. The second kappa shape index (κ2) is 10.5. The Morgan fingerprint density at radius 1 is 1.28 bits per heavy atom. The van der Waals surface area contributed by atoms with Crippen LogP contribution in [0.15, 0.2) is 24.3 Å². The van der Waals surface area contributed by atoms with Crippen LogP contribution in [0.2, 0.25) is 0 Å². The zero-order chi connectivity index (χ0) is 23.3. The van der Waals surface area contributed by atoms with Crippen molar-refractivity contribution in [3.8, 4) is 11.8 Å². The number of nitrogens with zero attached hydrogens (tertiary/aromatic N) is 4. The number of amides is 1. The van der Waals surface area contributed by atoms with E-state index in [0.29, 0.717) is 36.4 Å². The summed E-state index contributed by atoms with van der Waals surface area (Å²) in [6.07, 6.45) is 1.61. The first-order valence-electron chi connectivity index (χ1n) is 11.1. The zero-order valence-corrected chi connectivity index (χ0v) is 19.5. The van der Waals surface area contributed by atoms with Crippen molar-refractivity contribution in [3.05, 3.63) is 29.8 Å². The summed E-state index contributed by atoms with van der Waals surface area (Å²) in [6, 6.07) is 8.67. The van der Waals surface area contributed by atoms with Gasteiger partial charge in [-0.1, -0.05) is 6.92 Å². The lowest BCUT2D eigenvalue weighted by Crippen LogP contribution is -2.57. The molecule has 32 heavy (non-hydrogen) atoms. The topological polar surface area (TPSA) is 114 Å². The zero-order valence-electron chi connectivity index (χ0n) is 18.7. The number of piperazine rings is 1. The summed E-state index contributed by atoms with van der Waals surface area (Å²) < 4.78 is 23.5. The predicted molar refractivity (Wildman–Crippen MR) is 120 cm³/mol. The molecule has 1 amide bonds. The van der Waals surface area contributed by atoms with E-state index in [1.807, 2.05) is 13.0 Å². The molecular formula is C22H32N4O5S. The molecule has 3 atom stereocenters. The lowest BCUT2D eigenvalue weighted by atomic mass is 10.1. The molecule has 2 aliphatic rings. The first kappa shape index (κ1) is 24.3. The minimum atomic E-state index is -2.93. The Morgan fingerprint density at radius 3 is 2.44 bits per heavy atom. The van der Waals surface area contributed by atoms with Gasteiger partial charge in [-0.2, -0.15) is 5.26 Å². The summed E-state index contributed by atoms with van der Waals surface area (Å²) in [7, 11) is -2.93. The molecule has 176 valence electrons. The van der Waals surface area contributed by atoms with Gasteiger partial charge in [0.15, 0.2) is 5.75 Å². The van der Waals surface area contributed by atoms with Gasteiger partial charge in [-0.3, -0.25) is 4.90 Å². The first-order valence-corrected chi connectivity index (χ1v) is 12.9. The van der Waals surface area contributed by atoms with Crippen molar-refractivity contribution in [2.75, 3.05) is 37.7 Å². The third kappa shape index (κ3) is 6.12. The van der Waals surface area contributed by atoms with Crippen LogP contribution in [0.5, 0.6) is 5.75 Å². The molecule has 2 bridgehead atoms. The van der Waals surface area contributed by atoms with Gasteiger partial charge in [0.05, 0.1) is 23.4 Å². The number of likely N-dealkylation sites (tertiary alicyclic amines) is 1. The Morgan fingerprint density at radius 2 is 1.91 bits per heavy atom. The molecule has 10 heteroatoms. The smallest absolute Gasteiger partial charge is 0.441 e. The maximum atomic E-state index is 11.8. The molecule has 2 fully saturated rings. The number of fused-ring (bicyclic) bond motifs is 2. The number of nitriles is 1. The molecule has 0 aromatic heterocycles. The normalized spacial score (nSPS) is 22.3. The molecule has 0 spiro atoms. The molecule has 3 rings (SSSR count). The van der Waals surface area contributed by atoms with E-state index in [9.17, 15) is 18.3 Å². The van der Waals surface area contributed by atoms with Crippen molar-refractivity contribution in [2.24, 2.45) is 0 Å². The summed E-state index contributed by atoms with van der Waals surface area (Å²) in [5, 5.41) is 19.6. The van der Waals surface area contributed by atoms with E-state index in [1.165, 1.54) is 0 Å². The van der Waals surface area contributed by atoms with Crippen molar-refractivity contribution in [3.63, 3.8) is 0 Å². The predicted octanol–water partition coefficient (Wildman–Crippen LogP) is 2.19. The van der Waals surface area contributed by atoms with Crippen LogP contribution in [-0.2, 0) is 9.84 Å². The maximum absolute atomic E-state index is 11.8.